The number of para-hydroxylation sites is 1. The van der Waals surface area contributed by atoms with E-state index in [4.69, 9.17) is 4.74 Å². The number of hydrogen-bond acceptors (Lipinski definition) is 5. The fourth-order valence-electron chi connectivity index (χ4n) is 5.29. The van der Waals surface area contributed by atoms with E-state index in [-0.39, 0.29) is 11.8 Å². The summed E-state index contributed by atoms with van der Waals surface area (Å²) in [5.74, 6) is 0.735. The minimum absolute atomic E-state index is 0.109. The molecule has 2 aromatic carbocycles. The van der Waals surface area contributed by atoms with Gasteiger partial charge in [0.15, 0.2) is 0 Å². The normalized spacial score (nSPS) is 17.9. The van der Waals surface area contributed by atoms with Crippen LogP contribution in [0.4, 0.5) is 0 Å². The number of nitrogens with zero attached hydrogens (tertiary/aromatic N) is 2. The van der Waals surface area contributed by atoms with Crippen LogP contribution in [0.1, 0.15) is 48.7 Å². The Morgan fingerprint density at radius 1 is 1.11 bits per heavy atom. The highest BCUT2D eigenvalue weighted by Crippen LogP contribution is 2.36. The fourth-order valence-corrected chi connectivity index (χ4v) is 5.29. The number of benzene rings is 2. The van der Waals surface area contributed by atoms with Gasteiger partial charge in [0.05, 0.1) is 16.6 Å². The van der Waals surface area contributed by atoms with Crippen molar-refractivity contribution in [2.45, 2.75) is 51.6 Å². The van der Waals surface area contributed by atoms with Crippen LogP contribution in [-0.4, -0.2) is 44.0 Å². The molecule has 0 saturated carbocycles. The number of H-pyrrole nitrogens is 2. The second kappa shape index (κ2) is 10.1. The molecule has 1 saturated heterocycles. The minimum atomic E-state index is -0.597. The number of likely N-dealkylation sites (tertiary alicyclic amines) is 1. The third-order valence-corrected chi connectivity index (χ3v) is 7.32. The van der Waals surface area contributed by atoms with E-state index in [9.17, 15) is 14.7 Å². The van der Waals surface area contributed by atoms with Crippen molar-refractivity contribution in [2.24, 2.45) is 0 Å². The number of hydrogen-bond donors (Lipinski definition) is 3. The molecule has 3 heterocycles. The lowest BCUT2D eigenvalue weighted by atomic mass is 9.75. The average molecular weight is 501 g/mol. The Balaban J connectivity index is 1.23. The molecule has 192 valence electrons. The number of amides is 1. The van der Waals surface area contributed by atoms with E-state index in [2.05, 4.69) is 27.1 Å². The number of aromatic hydroxyl groups is 1. The Bertz CT molecular complexity index is 1470. The smallest absolute Gasteiger partial charge is 0.325 e. The summed E-state index contributed by atoms with van der Waals surface area (Å²) >= 11 is 0. The molecule has 1 atom stereocenters. The molecule has 0 bridgehead atoms. The van der Waals surface area contributed by atoms with Crippen LogP contribution in [-0.2, 0) is 23.2 Å². The van der Waals surface area contributed by atoms with Crippen LogP contribution in [0.2, 0.25) is 0 Å². The average Bonchev–Trinajstić information content (AvgIpc) is 3.21. The monoisotopic (exact) mass is 500 g/mol. The van der Waals surface area contributed by atoms with Crippen LogP contribution >= 0.6 is 0 Å². The van der Waals surface area contributed by atoms with Crippen molar-refractivity contribution >= 4 is 16.8 Å². The van der Waals surface area contributed by atoms with E-state index >= 15 is 0 Å². The molecule has 0 radical (unpaired) electrons. The molecule has 1 amide bonds. The van der Waals surface area contributed by atoms with Gasteiger partial charge in [0.25, 0.3) is 0 Å². The van der Waals surface area contributed by atoms with Crippen molar-refractivity contribution in [1.82, 2.24) is 19.9 Å². The molecule has 0 aliphatic carbocycles. The van der Waals surface area contributed by atoms with Gasteiger partial charge in [-0.1, -0.05) is 30.3 Å². The number of piperidine rings is 1. The van der Waals surface area contributed by atoms with Gasteiger partial charge in [-0.15, -0.1) is 0 Å². The molecular weight excluding hydrogens is 468 g/mol. The summed E-state index contributed by atoms with van der Waals surface area (Å²) in [4.78, 5) is 36.2. The highest BCUT2D eigenvalue weighted by molar-refractivity contribution is 5.88. The Morgan fingerprint density at radius 2 is 1.89 bits per heavy atom. The van der Waals surface area contributed by atoms with Gasteiger partial charge in [0, 0.05) is 29.7 Å². The number of ether oxygens (including phenoxy) is 1. The highest BCUT2D eigenvalue weighted by atomic mass is 16.5. The summed E-state index contributed by atoms with van der Waals surface area (Å²) in [6, 6.07) is 18.0. The van der Waals surface area contributed by atoms with E-state index in [1.165, 1.54) is 0 Å². The number of rotatable bonds is 8. The first-order valence-corrected chi connectivity index (χ1v) is 12.7. The van der Waals surface area contributed by atoms with Crippen molar-refractivity contribution in [3.8, 4) is 11.6 Å². The number of carbonyl (C=O) groups is 1. The lowest BCUT2D eigenvalue weighted by molar-refractivity contribution is -0.140. The van der Waals surface area contributed by atoms with E-state index in [0.717, 1.165) is 46.3 Å². The topological polar surface area (TPSA) is 111 Å². The predicted molar refractivity (Wildman–Crippen MR) is 142 cm³/mol. The first-order chi connectivity index (χ1) is 17.8. The Hall–Kier alpha value is -4.07. The molecule has 0 spiro atoms. The Labute approximate surface area is 215 Å². The van der Waals surface area contributed by atoms with E-state index in [1.54, 1.807) is 0 Å². The number of imidazole rings is 1. The third kappa shape index (κ3) is 5.09. The van der Waals surface area contributed by atoms with Gasteiger partial charge >= 0.3 is 5.69 Å². The first kappa shape index (κ1) is 24.6. The molecule has 37 heavy (non-hydrogen) atoms. The van der Waals surface area contributed by atoms with Crippen molar-refractivity contribution in [3.63, 3.8) is 0 Å². The van der Waals surface area contributed by atoms with Gasteiger partial charge in [0.2, 0.25) is 11.8 Å². The molecule has 1 fully saturated rings. The fraction of sp³-hybridized carbons (Fsp3) is 0.345. The molecule has 8 nitrogen and oxygen atoms in total. The van der Waals surface area contributed by atoms with E-state index < -0.39 is 11.1 Å². The molecule has 8 heteroatoms. The van der Waals surface area contributed by atoms with Gasteiger partial charge < -0.3 is 19.7 Å². The van der Waals surface area contributed by atoms with Gasteiger partial charge in [-0.3, -0.25) is 14.8 Å². The Kier molecular flexibility index (Phi) is 6.74. The highest BCUT2D eigenvalue weighted by Gasteiger charge is 2.40. The molecule has 1 aliphatic heterocycles. The van der Waals surface area contributed by atoms with Gasteiger partial charge in [-0.05, 0) is 69.4 Å². The SMILES string of the molecule is Cc1cc(COc2ccc(C3(C)CCCN(CCCc4[nH]c(=O)[nH]c4O)C3=O)cc2)c2ccccc2n1. The quantitative estimate of drug-likeness (QED) is 0.333. The van der Waals surface area contributed by atoms with Crippen LogP contribution in [0, 0.1) is 6.92 Å². The summed E-state index contributed by atoms with van der Waals surface area (Å²) in [5, 5.41) is 10.8. The molecule has 1 unspecified atom stereocenters. The van der Waals surface area contributed by atoms with Crippen LogP contribution in [0.3, 0.4) is 0 Å². The number of pyridine rings is 1. The lowest BCUT2D eigenvalue weighted by Crippen LogP contribution is -2.50. The third-order valence-electron chi connectivity index (χ3n) is 7.32. The molecule has 4 aromatic rings. The van der Waals surface area contributed by atoms with Gasteiger partial charge in [-0.2, -0.15) is 0 Å². The largest absolute Gasteiger partial charge is 0.493 e. The van der Waals surface area contributed by atoms with Gasteiger partial charge in [-0.25, -0.2) is 4.79 Å². The summed E-state index contributed by atoms with van der Waals surface area (Å²) in [7, 11) is 0. The molecule has 2 aromatic heterocycles. The standard InChI is InChI=1S/C29H32N4O4/c1-19-17-20(23-7-3-4-8-24(23)30-19)18-37-22-12-10-21(11-13-22)29(2)14-6-16-33(27(29)35)15-5-9-25-26(34)32-28(36)31-25/h3-4,7-8,10-13,17,34H,5-6,9,14-16,18H2,1-2H3,(H2,31,32,36). The van der Waals surface area contributed by atoms with Crippen molar-refractivity contribution in [3.05, 3.63) is 87.6 Å². The molecule has 1 aliphatic rings. The van der Waals surface area contributed by atoms with Crippen molar-refractivity contribution in [2.75, 3.05) is 13.1 Å². The minimum Gasteiger partial charge on any atom is -0.493 e. The zero-order valence-corrected chi connectivity index (χ0v) is 21.2. The number of aromatic amines is 2. The molecular formula is C29H32N4O4. The maximum Gasteiger partial charge on any atom is 0.325 e. The summed E-state index contributed by atoms with van der Waals surface area (Å²) in [6.07, 6.45) is 2.85. The maximum atomic E-state index is 13.5. The zero-order valence-electron chi connectivity index (χ0n) is 21.2. The van der Waals surface area contributed by atoms with E-state index in [1.807, 2.05) is 61.2 Å². The molecule has 5 rings (SSSR count). The predicted octanol–water partition coefficient (Wildman–Crippen LogP) is 4.36. The first-order valence-electron chi connectivity index (χ1n) is 12.7. The second-order valence-electron chi connectivity index (χ2n) is 9.99. The number of carbonyl (C=O) groups excluding carboxylic acids is 1. The summed E-state index contributed by atoms with van der Waals surface area (Å²) < 4.78 is 6.11. The van der Waals surface area contributed by atoms with Crippen molar-refractivity contribution < 1.29 is 14.6 Å². The number of aryl methyl sites for hydroxylation is 2. The summed E-state index contributed by atoms with van der Waals surface area (Å²) in [6.45, 7) is 5.72. The molecule has 3 N–H and O–H groups in total. The van der Waals surface area contributed by atoms with E-state index in [0.29, 0.717) is 38.2 Å². The lowest BCUT2D eigenvalue weighted by Gasteiger charge is -2.40. The summed E-state index contributed by atoms with van der Waals surface area (Å²) in [5.41, 5.74) is 3.44. The maximum absolute atomic E-state index is 13.5. The number of nitrogens with one attached hydrogen (secondary N) is 2. The zero-order chi connectivity index (χ0) is 26.0. The van der Waals surface area contributed by atoms with Crippen LogP contribution in [0.25, 0.3) is 10.9 Å². The van der Waals surface area contributed by atoms with Crippen LogP contribution in [0.5, 0.6) is 11.6 Å². The Morgan fingerprint density at radius 3 is 2.65 bits per heavy atom. The number of aromatic nitrogens is 3. The van der Waals surface area contributed by atoms with Crippen LogP contribution < -0.4 is 10.4 Å². The van der Waals surface area contributed by atoms with Gasteiger partial charge in [0.1, 0.15) is 12.4 Å². The number of fused-ring (bicyclic) bond motifs is 1. The second-order valence-corrected chi connectivity index (χ2v) is 9.99. The van der Waals surface area contributed by atoms with Crippen LogP contribution in [0.15, 0.2) is 59.4 Å². The van der Waals surface area contributed by atoms with Crippen molar-refractivity contribution in [1.29, 1.82) is 0 Å².